The predicted molar refractivity (Wildman–Crippen MR) is 139 cm³/mol. The Morgan fingerprint density at radius 3 is 2.53 bits per heavy atom. The molecule has 0 radical (unpaired) electrons. The van der Waals surface area contributed by atoms with E-state index >= 15 is 0 Å². The van der Waals surface area contributed by atoms with Gasteiger partial charge in [-0.15, -0.1) is 11.8 Å². The standard InChI is InChI=1S/C28H31N3O2S/c1-2-33-27(32)28(30)25-17-19(26(28)34-23-9-4-3-5-10-23)16-24(25)18-7-6-8-22(15-18)31-21-13-11-20(29)12-14-21/h3-15,19,24-26,31H,2,16-17,29-30H2,1H3/t19-,24+,25-,26+,28+/m1/s1. The van der Waals surface area contributed by atoms with Crippen molar-refractivity contribution in [3.05, 3.63) is 84.4 Å². The molecule has 5 N–H and O–H groups in total. The number of esters is 1. The van der Waals surface area contributed by atoms with Crippen LogP contribution in [0.15, 0.2) is 83.8 Å². The molecule has 0 unspecified atom stereocenters. The molecule has 6 heteroatoms. The molecule has 2 fully saturated rings. The van der Waals surface area contributed by atoms with Crippen molar-refractivity contribution >= 4 is 34.8 Å². The van der Waals surface area contributed by atoms with Gasteiger partial charge < -0.3 is 21.5 Å². The molecule has 5 atom stereocenters. The fourth-order valence-corrected chi connectivity index (χ4v) is 7.25. The van der Waals surface area contributed by atoms with Gasteiger partial charge in [0.05, 0.1) is 6.61 Å². The van der Waals surface area contributed by atoms with Crippen LogP contribution in [0.5, 0.6) is 0 Å². The number of carbonyl (C=O) groups excluding carboxylic acids is 1. The zero-order valence-electron chi connectivity index (χ0n) is 19.3. The van der Waals surface area contributed by atoms with E-state index in [9.17, 15) is 4.79 Å². The van der Waals surface area contributed by atoms with Crippen molar-refractivity contribution in [2.45, 2.75) is 41.4 Å². The Morgan fingerprint density at radius 1 is 1.03 bits per heavy atom. The molecule has 5 rings (SSSR count). The van der Waals surface area contributed by atoms with Crippen LogP contribution in [0.1, 0.15) is 31.2 Å². The lowest BCUT2D eigenvalue weighted by molar-refractivity contribution is -0.151. The van der Waals surface area contributed by atoms with Gasteiger partial charge >= 0.3 is 5.97 Å². The van der Waals surface area contributed by atoms with Crippen LogP contribution in [-0.4, -0.2) is 23.4 Å². The number of carbonyl (C=O) groups is 1. The molecule has 5 nitrogen and oxygen atoms in total. The van der Waals surface area contributed by atoms with Gasteiger partial charge in [0.2, 0.25) is 0 Å². The molecule has 0 spiro atoms. The van der Waals surface area contributed by atoms with E-state index in [1.54, 1.807) is 11.8 Å². The van der Waals surface area contributed by atoms with Gasteiger partial charge in [-0.05, 0) is 91.6 Å². The van der Waals surface area contributed by atoms with E-state index in [0.29, 0.717) is 12.5 Å². The summed E-state index contributed by atoms with van der Waals surface area (Å²) in [4.78, 5) is 14.4. The fraction of sp³-hybridized carbons (Fsp3) is 0.321. The first-order valence-corrected chi connectivity index (χ1v) is 12.8. The summed E-state index contributed by atoms with van der Waals surface area (Å²) >= 11 is 1.73. The average Bonchev–Trinajstić information content (AvgIpc) is 3.40. The van der Waals surface area contributed by atoms with Gasteiger partial charge in [-0.1, -0.05) is 30.3 Å². The van der Waals surface area contributed by atoms with Crippen molar-refractivity contribution in [1.82, 2.24) is 0 Å². The van der Waals surface area contributed by atoms with E-state index in [-0.39, 0.29) is 23.1 Å². The summed E-state index contributed by atoms with van der Waals surface area (Å²) in [6.07, 6.45) is 1.97. The molecule has 3 aromatic carbocycles. The summed E-state index contributed by atoms with van der Waals surface area (Å²) < 4.78 is 5.55. The first-order chi connectivity index (χ1) is 16.5. The highest BCUT2D eigenvalue weighted by Crippen LogP contribution is 2.61. The molecule has 0 heterocycles. The number of hydrogen-bond acceptors (Lipinski definition) is 6. The second-order valence-corrected chi connectivity index (χ2v) is 10.5. The highest BCUT2D eigenvalue weighted by molar-refractivity contribution is 8.00. The van der Waals surface area contributed by atoms with Gasteiger partial charge in [0.15, 0.2) is 0 Å². The number of rotatable bonds is 7. The Kier molecular flexibility index (Phi) is 6.28. The minimum Gasteiger partial charge on any atom is -0.465 e. The van der Waals surface area contributed by atoms with Gasteiger partial charge in [-0.3, -0.25) is 4.79 Å². The molecule has 2 saturated carbocycles. The Hall–Kier alpha value is -2.96. The average molecular weight is 474 g/mol. The molecule has 0 aliphatic heterocycles. The van der Waals surface area contributed by atoms with Crippen LogP contribution in [0.2, 0.25) is 0 Å². The van der Waals surface area contributed by atoms with Crippen LogP contribution in [0.3, 0.4) is 0 Å². The third-order valence-corrected chi connectivity index (χ3v) is 8.83. The molecular formula is C28H31N3O2S. The topological polar surface area (TPSA) is 90.4 Å². The summed E-state index contributed by atoms with van der Waals surface area (Å²) in [5.41, 5.74) is 15.8. The molecule has 176 valence electrons. The fourth-order valence-electron chi connectivity index (χ4n) is 5.76. The molecule has 2 aliphatic rings. The molecule has 2 aliphatic carbocycles. The van der Waals surface area contributed by atoms with Crippen LogP contribution in [-0.2, 0) is 9.53 Å². The number of nitrogen functional groups attached to an aromatic ring is 1. The SMILES string of the molecule is CCOC(=O)[C@]1(N)[C@@H]2C[C@@H](C[C@H]2c2cccc(Nc3ccc(N)cc3)c2)[C@@H]1Sc1ccccc1. The number of nitrogens with one attached hydrogen (secondary N) is 1. The zero-order chi connectivity index (χ0) is 23.7. The number of anilines is 3. The third-order valence-electron chi connectivity index (χ3n) is 7.26. The van der Waals surface area contributed by atoms with E-state index < -0.39 is 5.54 Å². The van der Waals surface area contributed by atoms with Crippen LogP contribution >= 0.6 is 11.8 Å². The minimum absolute atomic E-state index is 0.00582. The number of ether oxygens (including phenoxy) is 1. The molecule has 34 heavy (non-hydrogen) atoms. The minimum atomic E-state index is -1.01. The molecule has 0 saturated heterocycles. The van der Waals surface area contributed by atoms with Gasteiger partial charge in [-0.2, -0.15) is 0 Å². The normalized spacial score (nSPS) is 27.5. The maximum atomic E-state index is 13.3. The largest absolute Gasteiger partial charge is 0.465 e. The first-order valence-electron chi connectivity index (χ1n) is 11.9. The van der Waals surface area contributed by atoms with Crippen molar-refractivity contribution in [2.24, 2.45) is 17.6 Å². The van der Waals surface area contributed by atoms with Gasteiger partial charge in [0.25, 0.3) is 0 Å². The maximum Gasteiger partial charge on any atom is 0.327 e. The summed E-state index contributed by atoms with van der Waals surface area (Å²) in [5, 5.41) is 3.47. The van der Waals surface area contributed by atoms with Crippen molar-refractivity contribution in [2.75, 3.05) is 17.7 Å². The molecule has 0 amide bonds. The van der Waals surface area contributed by atoms with Gasteiger partial charge in [0, 0.05) is 27.2 Å². The summed E-state index contributed by atoms with van der Waals surface area (Å²) in [7, 11) is 0. The number of hydrogen-bond donors (Lipinski definition) is 3. The quantitative estimate of drug-likeness (QED) is 0.308. The lowest BCUT2D eigenvalue weighted by Gasteiger charge is -2.42. The number of fused-ring (bicyclic) bond motifs is 2. The van der Waals surface area contributed by atoms with E-state index in [4.69, 9.17) is 16.2 Å². The monoisotopic (exact) mass is 473 g/mol. The van der Waals surface area contributed by atoms with Crippen LogP contribution in [0, 0.1) is 11.8 Å². The van der Waals surface area contributed by atoms with Crippen molar-refractivity contribution in [3.8, 4) is 0 Å². The highest BCUT2D eigenvalue weighted by Gasteiger charge is 2.65. The lowest BCUT2D eigenvalue weighted by Crippen LogP contribution is -2.61. The Bertz CT molecular complexity index is 1150. The van der Waals surface area contributed by atoms with E-state index in [1.807, 2.05) is 49.4 Å². The Balaban J connectivity index is 1.42. The summed E-state index contributed by atoms with van der Waals surface area (Å²) in [6, 6.07) is 26.4. The smallest absolute Gasteiger partial charge is 0.327 e. The number of nitrogens with two attached hydrogens (primary N) is 2. The zero-order valence-corrected chi connectivity index (χ0v) is 20.1. The highest BCUT2D eigenvalue weighted by atomic mass is 32.2. The van der Waals surface area contributed by atoms with Crippen LogP contribution < -0.4 is 16.8 Å². The summed E-state index contributed by atoms with van der Waals surface area (Å²) in [5.74, 6) is 0.366. The van der Waals surface area contributed by atoms with E-state index in [2.05, 4.69) is 41.7 Å². The second kappa shape index (κ2) is 9.35. The van der Waals surface area contributed by atoms with Gasteiger partial charge in [0.1, 0.15) is 5.54 Å². The molecule has 3 aromatic rings. The van der Waals surface area contributed by atoms with E-state index in [1.165, 1.54) is 5.56 Å². The predicted octanol–water partition coefficient (Wildman–Crippen LogP) is 5.56. The molecule has 0 aromatic heterocycles. The molecule has 2 bridgehead atoms. The first kappa shape index (κ1) is 22.8. The Labute approximate surface area is 205 Å². The van der Waals surface area contributed by atoms with Gasteiger partial charge in [-0.25, -0.2) is 0 Å². The summed E-state index contributed by atoms with van der Waals surface area (Å²) in [6.45, 7) is 2.18. The van der Waals surface area contributed by atoms with Crippen molar-refractivity contribution in [3.63, 3.8) is 0 Å². The van der Waals surface area contributed by atoms with Crippen molar-refractivity contribution in [1.29, 1.82) is 0 Å². The Morgan fingerprint density at radius 2 is 1.79 bits per heavy atom. The third kappa shape index (κ3) is 4.17. The second-order valence-electron chi connectivity index (χ2n) is 9.32. The lowest BCUT2D eigenvalue weighted by atomic mass is 9.72. The van der Waals surface area contributed by atoms with Crippen LogP contribution in [0.25, 0.3) is 0 Å². The van der Waals surface area contributed by atoms with Crippen LogP contribution in [0.4, 0.5) is 17.1 Å². The maximum absolute atomic E-state index is 13.3. The van der Waals surface area contributed by atoms with E-state index in [0.717, 1.165) is 34.8 Å². The molecular weight excluding hydrogens is 442 g/mol. The van der Waals surface area contributed by atoms with Crippen molar-refractivity contribution < 1.29 is 9.53 Å². The number of thioether (sulfide) groups is 1. The number of benzene rings is 3.